The van der Waals surface area contributed by atoms with E-state index in [9.17, 15) is 4.79 Å². The van der Waals surface area contributed by atoms with Crippen LogP contribution in [0.1, 0.15) is 29.2 Å². The predicted molar refractivity (Wildman–Crippen MR) is 130 cm³/mol. The first-order valence-corrected chi connectivity index (χ1v) is 10.7. The summed E-state index contributed by atoms with van der Waals surface area (Å²) in [5.41, 5.74) is 8.69. The fourth-order valence-electron chi connectivity index (χ4n) is 4.29. The predicted octanol–water partition coefficient (Wildman–Crippen LogP) is 7.47. The first-order valence-electron chi connectivity index (χ1n) is 10.3. The van der Waals surface area contributed by atoms with E-state index < -0.39 is 0 Å². The van der Waals surface area contributed by atoms with Gasteiger partial charge in [0.25, 0.3) is 0 Å². The molecule has 0 atom stereocenters. The van der Waals surface area contributed by atoms with Crippen LogP contribution in [-0.4, -0.2) is 10.9 Å². The summed E-state index contributed by atoms with van der Waals surface area (Å²) in [5.74, 6) is -0.0780. The van der Waals surface area contributed by atoms with Gasteiger partial charge in [-0.2, -0.15) is 0 Å². The normalized spacial score (nSPS) is 11.0. The molecule has 3 aromatic carbocycles. The van der Waals surface area contributed by atoms with Gasteiger partial charge >= 0.3 is 0 Å². The molecule has 1 heterocycles. The number of hydrogen-bond donors (Lipinski definition) is 0. The Bertz CT molecular complexity index is 1330. The Morgan fingerprint density at radius 3 is 2.26 bits per heavy atom. The van der Waals surface area contributed by atoms with E-state index in [1.54, 1.807) is 18.0 Å². The van der Waals surface area contributed by atoms with Gasteiger partial charge in [-0.25, -0.2) is 0 Å². The summed E-state index contributed by atoms with van der Waals surface area (Å²) in [6.45, 7) is 9.79. The Kier molecular flexibility index (Phi) is 5.55. The van der Waals surface area contributed by atoms with Crippen molar-refractivity contribution in [2.45, 2.75) is 34.6 Å². The molecule has 0 unspecified atom stereocenters. The van der Waals surface area contributed by atoms with Gasteiger partial charge in [-0.3, -0.25) is 14.7 Å². The minimum Gasteiger partial charge on any atom is -0.279 e. The molecular formula is C27H25ClN2O. The van der Waals surface area contributed by atoms with E-state index >= 15 is 0 Å². The molecule has 4 rings (SSSR count). The van der Waals surface area contributed by atoms with Crippen LogP contribution in [0.5, 0.6) is 0 Å². The van der Waals surface area contributed by atoms with Gasteiger partial charge in [-0.1, -0.05) is 59.1 Å². The van der Waals surface area contributed by atoms with E-state index in [2.05, 4.69) is 32.0 Å². The number of amides is 1. The number of hydrogen-bond acceptors (Lipinski definition) is 2. The average Bonchev–Trinajstić information content (AvgIpc) is 2.70. The molecule has 31 heavy (non-hydrogen) atoms. The van der Waals surface area contributed by atoms with Crippen molar-refractivity contribution in [3.05, 3.63) is 88.1 Å². The van der Waals surface area contributed by atoms with E-state index in [4.69, 9.17) is 16.6 Å². The number of benzene rings is 3. The zero-order chi connectivity index (χ0) is 22.3. The maximum absolute atomic E-state index is 13.0. The Morgan fingerprint density at radius 1 is 0.871 bits per heavy atom. The summed E-state index contributed by atoms with van der Waals surface area (Å²) in [6.07, 6.45) is 1.80. The Labute approximate surface area is 188 Å². The van der Waals surface area contributed by atoms with Crippen LogP contribution in [0.3, 0.4) is 0 Å². The molecule has 0 saturated heterocycles. The molecule has 0 spiro atoms. The molecule has 0 bridgehead atoms. The van der Waals surface area contributed by atoms with Gasteiger partial charge in [0, 0.05) is 28.5 Å². The molecule has 1 amide bonds. The van der Waals surface area contributed by atoms with Gasteiger partial charge in [0.15, 0.2) is 0 Å². The average molecular weight is 429 g/mol. The minimum absolute atomic E-state index is 0.0780. The zero-order valence-electron chi connectivity index (χ0n) is 18.5. The van der Waals surface area contributed by atoms with E-state index in [1.165, 1.54) is 0 Å². The largest absolute Gasteiger partial charge is 0.279 e. The molecule has 0 N–H and O–H groups in total. The van der Waals surface area contributed by atoms with Crippen LogP contribution in [0.4, 0.5) is 11.4 Å². The quantitative estimate of drug-likeness (QED) is 0.339. The number of anilines is 2. The molecule has 0 fully saturated rings. The summed E-state index contributed by atoms with van der Waals surface area (Å²) in [6, 6.07) is 18.1. The van der Waals surface area contributed by atoms with Crippen LogP contribution < -0.4 is 4.90 Å². The number of pyridine rings is 1. The van der Waals surface area contributed by atoms with Crippen LogP contribution in [0, 0.1) is 27.7 Å². The summed E-state index contributed by atoms with van der Waals surface area (Å²) < 4.78 is 0. The van der Waals surface area contributed by atoms with E-state index in [-0.39, 0.29) is 5.91 Å². The maximum atomic E-state index is 13.0. The van der Waals surface area contributed by atoms with Crippen LogP contribution >= 0.6 is 11.6 Å². The van der Waals surface area contributed by atoms with Gasteiger partial charge in [-0.05, 0) is 57.0 Å². The van der Waals surface area contributed by atoms with Crippen molar-refractivity contribution < 1.29 is 4.79 Å². The number of carbonyl (C=O) groups is 1. The second-order valence-corrected chi connectivity index (χ2v) is 8.53. The summed E-state index contributed by atoms with van der Waals surface area (Å²) in [4.78, 5) is 19.5. The first-order chi connectivity index (χ1) is 14.8. The first kappa shape index (κ1) is 21.1. The third kappa shape index (κ3) is 3.82. The van der Waals surface area contributed by atoms with Crippen molar-refractivity contribution in [1.82, 2.24) is 4.98 Å². The SMILES string of the molecule is CC(=O)N(c1ccc(C)cc1C)c1cnc2c(C)cc(C)cc2c1-c1ccccc1Cl. The molecule has 0 aliphatic rings. The van der Waals surface area contributed by atoms with Crippen molar-refractivity contribution >= 4 is 39.8 Å². The highest BCUT2D eigenvalue weighted by Crippen LogP contribution is 2.43. The second-order valence-electron chi connectivity index (χ2n) is 8.12. The lowest BCUT2D eigenvalue weighted by atomic mass is 9.95. The number of rotatable bonds is 3. The van der Waals surface area contributed by atoms with E-state index in [1.807, 2.05) is 50.2 Å². The van der Waals surface area contributed by atoms with Crippen LogP contribution in [0.25, 0.3) is 22.0 Å². The summed E-state index contributed by atoms with van der Waals surface area (Å²) in [7, 11) is 0. The van der Waals surface area contributed by atoms with Crippen molar-refractivity contribution in [3.63, 3.8) is 0 Å². The van der Waals surface area contributed by atoms with Crippen LogP contribution in [0.2, 0.25) is 5.02 Å². The van der Waals surface area contributed by atoms with E-state index in [0.29, 0.717) is 5.02 Å². The summed E-state index contributed by atoms with van der Waals surface area (Å²) >= 11 is 6.67. The zero-order valence-corrected chi connectivity index (χ0v) is 19.2. The van der Waals surface area contributed by atoms with Crippen molar-refractivity contribution in [2.24, 2.45) is 0 Å². The molecule has 3 nitrogen and oxygen atoms in total. The molecule has 1 aromatic heterocycles. The number of aryl methyl sites for hydroxylation is 4. The van der Waals surface area contributed by atoms with Gasteiger partial charge in [0.2, 0.25) is 5.91 Å². The Balaban J connectivity index is 2.13. The smallest absolute Gasteiger partial charge is 0.228 e. The van der Waals surface area contributed by atoms with Gasteiger partial charge in [-0.15, -0.1) is 0 Å². The third-order valence-corrected chi connectivity index (χ3v) is 5.91. The van der Waals surface area contributed by atoms with E-state index in [0.717, 1.165) is 55.7 Å². The monoisotopic (exact) mass is 428 g/mol. The van der Waals surface area contributed by atoms with Gasteiger partial charge in [0.1, 0.15) is 0 Å². The second kappa shape index (κ2) is 8.16. The fraction of sp³-hybridized carbons (Fsp3) is 0.185. The molecule has 0 aliphatic heterocycles. The molecule has 156 valence electrons. The standard InChI is InChI=1S/C27H25ClN2O/c1-16-10-11-24(18(3)12-16)30(20(5)31)25-15-29-27-19(4)13-17(2)14-22(27)26(25)21-8-6-7-9-23(21)28/h6-15H,1-5H3. The third-order valence-electron chi connectivity index (χ3n) is 5.58. The van der Waals surface area contributed by atoms with Gasteiger partial charge < -0.3 is 0 Å². The fourth-order valence-corrected chi connectivity index (χ4v) is 4.52. The molecule has 0 saturated carbocycles. The minimum atomic E-state index is -0.0780. The molecule has 0 aliphatic carbocycles. The lowest BCUT2D eigenvalue weighted by molar-refractivity contribution is -0.115. The lowest BCUT2D eigenvalue weighted by Crippen LogP contribution is -2.24. The molecular weight excluding hydrogens is 404 g/mol. The number of carbonyl (C=O) groups excluding carboxylic acids is 1. The Hall–Kier alpha value is -3.17. The van der Waals surface area contributed by atoms with Crippen LogP contribution in [0.15, 0.2) is 60.8 Å². The van der Waals surface area contributed by atoms with Crippen molar-refractivity contribution in [2.75, 3.05) is 4.90 Å². The highest BCUT2D eigenvalue weighted by atomic mass is 35.5. The topological polar surface area (TPSA) is 33.2 Å². The number of nitrogens with zero attached hydrogens (tertiary/aromatic N) is 2. The molecule has 4 aromatic rings. The van der Waals surface area contributed by atoms with Crippen LogP contribution in [-0.2, 0) is 4.79 Å². The number of aromatic nitrogens is 1. The number of halogens is 1. The maximum Gasteiger partial charge on any atom is 0.228 e. The highest BCUT2D eigenvalue weighted by Gasteiger charge is 2.24. The van der Waals surface area contributed by atoms with Crippen molar-refractivity contribution in [1.29, 1.82) is 0 Å². The van der Waals surface area contributed by atoms with Gasteiger partial charge in [0.05, 0.1) is 23.1 Å². The highest BCUT2D eigenvalue weighted by molar-refractivity contribution is 6.34. The molecule has 0 radical (unpaired) electrons. The Morgan fingerprint density at radius 2 is 1.58 bits per heavy atom. The van der Waals surface area contributed by atoms with Crippen molar-refractivity contribution in [3.8, 4) is 11.1 Å². The lowest BCUT2D eigenvalue weighted by Gasteiger charge is -2.27. The molecule has 4 heteroatoms. The summed E-state index contributed by atoms with van der Waals surface area (Å²) in [5, 5.41) is 1.62. The number of fused-ring (bicyclic) bond motifs is 1.